The van der Waals surface area contributed by atoms with Gasteiger partial charge in [-0.15, -0.1) is 0 Å². The first-order chi connectivity index (χ1) is 13.9. The number of nitro groups is 1. The number of hydrogen-bond donors (Lipinski definition) is 0. The molecule has 0 radical (unpaired) electrons. The zero-order valence-corrected chi connectivity index (χ0v) is 16.5. The van der Waals surface area contributed by atoms with E-state index < -0.39 is 23.2 Å². The van der Waals surface area contributed by atoms with E-state index in [2.05, 4.69) is 12.1 Å². The second kappa shape index (κ2) is 9.52. The van der Waals surface area contributed by atoms with Crippen molar-refractivity contribution >= 4 is 29.2 Å². The monoisotopic (exact) mass is 416 g/mol. The summed E-state index contributed by atoms with van der Waals surface area (Å²) in [5, 5.41) is 11.2. The van der Waals surface area contributed by atoms with Gasteiger partial charge in [-0.1, -0.05) is 41.9 Å². The zero-order valence-electron chi connectivity index (χ0n) is 15.8. The van der Waals surface area contributed by atoms with E-state index in [0.29, 0.717) is 19.0 Å². The van der Waals surface area contributed by atoms with Crippen molar-refractivity contribution in [1.29, 1.82) is 0 Å². The summed E-state index contributed by atoms with van der Waals surface area (Å²) in [7, 11) is 0. The number of esters is 1. The van der Waals surface area contributed by atoms with Crippen molar-refractivity contribution in [3.63, 3.8) is 0 Å². The van der Waals surface area contributed by atoms with E-state index in [0.717, 1.165) is 25.3 Å². The number of nitrogens with zero attached hydrogens (tertiary/aromatic N) is 2. The highest BCUT2D eigenvalue weighted by molar-refractivity contribution is 6.31. The molecule has 2 aromatic rings. The van der Waals surface area contributed by atoms with Gasteiger partial charge in [0.05, 0.1) is 4.92 Å². The first kappa shape index (κ1) is 20.8. The first-order valence-electron chi connectivity index (χ1n) is 9.37. The second-order valence-corrected chi connectivity index (χ2v) is 7.45. The Kier molecular flexibility index (Phi) is 6.82. The molecule has 1 amide bonds. The minimum Gasteiger partial charge on any atom is -0.452 e. The number of hydrogen-bond acceptors (Lipinski definition) is 5. The summed E-state index contributed by atoms with van der Waals surface area (Å²) >= 11 is 5.74. The molecule has 2 aromatic carbocycles. The lowest BCUT2D eigenvalue weighted by molar-refractivity contribution is -0.385. The van der Waals surface area contributed by atoms with Crippen LogP contribution in [-0.4, -0.2) is 41.4 Å². The Morgan fingerprint density at radius 1 is 1.14 bits per heavy atom. The van der Waals surface area contributed by atoms with Crippen LogP contribution in [0, 0.1) is 16.0 Å². The molecule has 0 saturated carbocycles. The lowest BCUT2D eigenvalue weighted by atomic mass is 9.90. The molecule has 1 aliphatic rings. The highest BCUT2D eigenvalue weighted by Gasteiger charge is 2.26. The maximum atomic E-state index is 12.4. The molecule has 0 aromatic heterocycles. The number of piperidine rings is 1. The van der Waals surface area contributed by atoms with Gasteiger partial charge in [0.15, 0.2) is 6.61 Å². The maximum Gasteiger partial charge on any atom is 0.345 e. The van der Waals surface area contributed by atoms with Crippen molar-refractivity contribution in [3.05, 3.63) is 74.8 Å². The molecule has 1 aliphatic heterocycles. The van der Waals surface area contributed by atoms with Crippen molar-refractivity contribution in [3.8, 4) is 0 Å². The highest BCUT2D eigenvalue weighted by atomic mass is 35.5. The average Bonchev–Trinajstić information content (AvgIpc) is 2.73. The molecule has 1 fully saturated rings. The largest absolute Gasteiger partial charge is 0.452 e. The molecule has 7 nitrogen and oxygen atoms in total. The summed E-state index contributed by atoms with van der Waals surface area (Å²) in [6, 6.07) is 13.9. The van der Waals surface area contributed by atoms with Crippen LogP contribution in [0.4, 0.5) is 5.69 Å². The summed E-state index contributed by atoms with van der Waals surface area (Å²) < 4.78 is 5.02. The topological polar surface area (TPSA) is 89.8 Å². The fourth-order valence-corrected chi connectivity index (χ4v) is 3.63. The number of carbonyl (C=O) groups excluding carboxylic acids is 2. The molecule has 3 rings (SSSR count). The minimum atomic E-state index is -0.916. The lowest BCUT2D eigenvalue weighted by Crippen LogP contribution is -2.41. The Morgan fingerprint density at radius 3 is 2.48 bits per heavy atom. The Labute approximate surface area is 173 Å². The summed E-state index contributed by atoms with van der Waals surface area (Å²) in [5.41, 5.74) is 0.612. The average molecular weight is 417 g/mol. The van der Waals surface area contributed by atoms with Gasteiger partial charge in [0.25, 0.3) is 11.6 Å². The third kappa shape index (κ3) is 5.54. The van der Waals surface area contributed by atoms with E-state index in [1.165, 1.54) is 17.7 Å². The number of rotatable bonds is 6. The van der Waals surface area contributed by atoms with Crippen LogP contribution in [0.1, 0.15) is 28.8 Å². The van der Waals surface area contributed by atoms with Gasteiger partial charge in [-0.25, -0.2) is 4.79 Å². The summed E-state index contributed by atoms with van der Waals surface area (Å²) in [5.74, 6) is -0.700. The number of likely N-dealkylation sites (tertiary alicyclic amines) is 1. The van der Waals surface area contributed by atoms with Gasteiger partial charge in [0, 0.05) is 24.2 Å². The molecular weight excluding hydrogens is 396 g/mol. The molecule has 0 unspecified atom stereocenters. The van der Waals surface area contributed by atoms with Crippen molar-refractivity contribution in [2.24, 2.45) is 5.92 Å². The minimum absolute atomic E-state index is 0.141. The van der Waals surface area contributed by atoms with E-state index in [9.17, 15) is 19.7 Å². The number of halogens is 1. The lowest BCUT2D eigenvalue weighted by Gasteiger charge is -2.32. The predicted molar refractivity (Wildman–Crippen MR) is 108 cm³/mol. The molecule has 0 atom stereocenters. The van der Waals surface area contributed by atoms with Gasteiger partial charge in [0.2, 0.25) is 0 Å². The highest BCUT2D eigenvalue weighted by Crippen LogP contribution is 2.24. The van der Waals surface area contributed by atoms with E-state index in [-0.39, 0.29) is 16.5 Å². The van der Waals surface area contributed by atoms with Crippen LogP contribution in [-0.2, 0) is 16.0 Å². The molecular formula is C21H21ClN2O5. The third-order valence-electron chi connectivity index (χ3n) is 5.04. The number of ether oxygens (including phenoxy) is 1. The number of nitro benzene ring substituents is 1. The summed E-state index contributed by atoms with van der Waals surface area (Å²) in [4.78, 5) is 36.6. The molecule has 0 spiro atoms. The number of amides is 1. The van der Waals surface area contributed by atoms with Crippen LogP contribution < -0.4 is 0 Å². The van der Waals surface area contributed by atoms with Crippen LogP contribution in [0.5, 0.6) is 0 Å². The van der Waals surface area contributed by atoms with Crippen LogP contribution >= 0.6 is 11.6 Å². The molecule has 29 heavy (non-hydrogen) atoms. The van der Waals surface area contributed by atoms with E-state index in [1.54, 1.807) is 4.90 Å². The van der Waals surface area contributed by atoms with Crippen molar-refractivity contribution in [1.82, 2.24) is 4.90 Å². The standard InChI is InChI=1S/C21H21ClN2O5/c22-17-6-7-18(19(13-17)24(27)28)21(26)29-14-20(25)23-10-8-16(9-11-23)12-15-4-2-1-3-5-15/h1-7,13,16H,8-12,14H2. The second-order valence-electron chi connectivity index (χ2n) is 7.01. The van der Waals surface area contributed by atoms with Crippen molar-refractivity contribution in [2.75, 3.05) is 19.7 Å². The Hall–Kier alpha value is -2.93. The Morgan fingerprint density at radius 2 is 1.83 bits per heavy atom. The molecule has 1 heterocycles. The van der Waals surface area contributed by atoms with Gasteiger partial charge in [-0.05, 0) is 42.9 Å². The summed E-state index contributed by atoms with van der Waals surface area (Å²) in [6.45, 7) is 0.770. The van der Waals surface area contributed by atoms with Crippen molar-refractivity contribution < 1.29 is 19.2 Å². The fraction of sp³-hybridized carbons (Fsp3) is 0.333. The SMILES string of the molecule is O=C(OCC(=O)N1CCC(Cc2ccccc2)CC1)c1ccc(Cl)cc1[N+](=O)[O-]. The van der Waals surface area contributed by atoms with Crippen LogP contribution in [0.2, 0.25) is 5.02 Å². The van der Waals surface area contributed by atoms with Gasteiger partial charge < -0.3 is 9.64 Å². The smallest absolute Gasteiger partial charge is 0.345 e. The normalized spacial score (nSPS) is 14.4. The van der Waals surface area contributed by atoms with Crippen LogP contribution in [0.25, 0.3) is 0 Å². The van der Waals surface area contributed by atoms with E-state index in [4.69, 9.17) is 16.3 Å². The summed E-state index contributed by atoms with van der Waals surface area (Å²) in [6.07, 6.45) is 2.76. The van der Waals surface area contributed by atoms with E-state index in [1.807, 2.05) is 18.2 Å². The molecule has 0 aliphatic carbocycles. The fourth-order valence-electron chi connectivity index (χ4n) is 3.46. The molecule has 0 N–H and O–H groups in total. The molecule has 1 saturated heterocycles. The van der Waals surface area contributed by atoms with Crippen LogP contribution in [0.15, 0.2) is 48.5 Å². The molecule has 152 valence electrons. The van der Waals surface area contributed by atoms with E-state index >= 15 is 0 Å². The van der Waals surface area contributed by atoms with Crippen LogP contribution in [0.3, 0.4) is 0 Å². The predicted octanol–water partition coefficient (Wildman–Crippen LogP) is 3.89. The Bertz CT molecular complexity index is 895. The maximum absolute atomic E-state index is 12.4. The zero-order chi connectivity index (χ0) is 20.8. The first-order valence-corrected chi connectivity index (χ1v) is 9.74. The third-order valence-corrected chi connectivity index (χ3v) is 5.27. The van der Waals surface area contributed by atoms with Gasteiger partial charge in [0.1, 0.15) is 5.56 Å². The van der Waals surface area contributed by atoms with Gasteiger partial charge in [-0.2, -0.15) is 0 Å². The quantitative estimate of drug-likeness (QED) is 0.405. The molecule has 8 heteroatoms. The number of benzene rings is 2. The van der Waals surface area contributed by atoms with Gasteiger partial charge in [-0.3, -0.25) is 14.9 Å². The van der Waals surface area contributed by atoms with Gasteiger partial charge >= 0.3 is 5.97 Å². The van der Waals surface area contributed by atoms with Crippen molar-refractivity contribution in [2.45, 2.75) is 19.3 Å². The number of carbonyl (C=O) groups is 2. The molecule has 0 bridgehead atoms. The Balaban J connectivity index is 1.49.